The summed E-state index contributed by atoms with van der Waals surface area (Å²) < 4.78 is 12.1. The topological polar surface area (TPSA) is 68.3 Å². The van der Waals surface area contributed by atoms with Crippen molar-refractivity contribution in [3.8, 4) is 10.8 Å². The average Bonchev–Trinajstić information content (AvgIpc) is 3.32. The lowest BCUT2D eigenvalue weighted by Gasteiger charge is -2.09. The number of amides is 1. The zero-order valence-electron chi connectivity index (χ0n) is 12.9. The van der Waals surface area contributed by atoms with E-state index in [1.54, 1.807) is 24.5 Å². The highest BCUT2D eigenvalue weighted by atomic mass is 32.1. The van der Waals surface area contributed by atoms with Crippen molar-refractivity contribution in [2.24, 2.45) is 0 Å². The fourth-order valence-electron chi connectivity index (χ4n) is 2.43. The molecule has 0 saturated carbocycles. The molecule has 3 heterocycles. The van der Waals surface area contributed by atoms with E-state index in [1.165, 1.54) is 11.3 Å². The second-order valence-electron chi connectivity index (χ2n) is 5.36. The third-order valence-electron chi connectivity index (χ3n) is 3.65. The number of hydrogen-bond acceptors (Lipinski definition) is 5. The molecule has 0 saturated heterocycles. The summed E-state index contributed by atoms with van der Waals surface area (Å²) in [5.41, 5.74) is 0.923. The summed E-state index contributed by atoms with van der Waals surface area (Å²) in [6, 6.07) is 14.7. The monoisotopic (exact) mass is 338 g/mol. The average molecular weight is 338 g/mol. The van der Waals surface area contributed by atoms with Gasteiger partial charge in [0.05, 0.1) is 22.5 Å². The van der Waals surface area contributed by atoms with Crippen LogP contribution in [0.25, 0.3) is 21.0 Å². The molecule has 0 aliphatic rings. The summed E-state index contributed by atoms with van der Waals surface area (Å²) in [6.07, 6.45) is 1.58. The third kappa shape index (κ3) is 2.72. The van der Waals surface area contributed by atoms with Gasteiger partial charge < -0.3 is 14.2 Å². The number of aromatic nitrogens is 1. The van der Waals surface area contributed by atoms with Crippen LogP contribution in [0.5, 0.6) is 0 Å². The quantitative estimate of drug-likeness (QED) is 0.588. The van der Waals surface area contributed by atoms with E-state index in [1.807, 2.05) is 37.3 Å². The molecule has 0 bridgehead atoms. The van der Waals surface area contributed by atoms with Crippen LogP contribution in [-0.2, 0) is 0 Å². The molecular weight excluding hydrogens is 324 g/mol. The number of nitrogens with zero attached hydrogens (tertiary/aromatic N) is 1. The van der Waals surface area contributed by atoms with Crippen LogP contribution in [0, 0.1) is 0 Å². The van der Waals surface area contributed by atoms with Gasteiger partial charge in [0.25, 0.3) is 5.91 Å². The van der Waals surface area contributed by atoms with E-state index in [-0.39, 0.29) is 17.7 Å². The fraction of sp³-hybridized carbons (Fsp3) is 0.111. The van der Waals surface area contributed by atoms with Crippen molar-refractivity contribution in [3.05, 3.63) is 66.3 Å². The summed E-state index contributed by atoms with van der Waals surface area (Å²) in [6.45, 7) is 1.86. The summed E-state index contributed by atoms with van der Waals surface area (Å²) in [5.74, 6) is 1.25. The maximum Gasteiger partial charge on any atom is 0.287 e. The van der Waals surface area contributed by atoms with Gasteiger partial charge in [0.2, 0.25) is 0 Å². The molecule has 4 rings (SSSR count). The van der Waals surface area contributed by atoms with Crippen LogP contribution in [0.15, 0.2) is 63.6 Å². The molecule has 0 radical (unpaired) electrons. The number of carbonyl (C=O) groups is 1. The van der Waals surface area contributed by atoms with Crippen LogP contribution in [0.3, 0.4) is 0 Å². The summed E-state index contributed by atoms with van der Waals surface area (Å²) in [5, 5.41) is 3.61. The lowest BCUT2D eigenvalue weighted by atomic mass is 10.2. The van der Waals surface area contributed by atoms with Gasteiger partial charge in [0.1, 0.15) is 5.76 Å². The molecule has 1 amide bonds. The standard InChI is InChI=1S/C18H14N2O3S/c1-11(13-6-4-10-22-13)19-17(21)14-8-9-15(23-14)18-20-12-5-2-3-7-16(12)24-18/h2-11H,1H3,(H,19,21)/t11-/m1/s1. The number of fused-ring (bicyclic) bond motifs is 1. The van der Waals surface area contributed by atoms with Crippen LogP contribution < -0.4 is 5.32 Å². The Bertz CT molecular complexity index is 952. The molecule has 0 aliphatic heterocycles. The Kier molecular flexibility index (Phi) is 3.66. The highest BCUT2D eigenvalue weighted by Gasteiger charge is 2.18. The van der Waals surface area contributed by atoms with E-state index < -0.39 is 0 Å². The number of nitrogens with one attached hydrogen (secondary N) is 1. The zero-order chi connectivity index (χ0) is 16.5. The fourth-order valence-corrected chi connectivity index (χ4v) is 3.36. The largest absolute Gasteiger partial charge is 0.467 e. The molecule has 1 aromatic carbocycles. The predicted molar refractivity (Wildman–Crippen MR) is 91.9 cm³/mol. The molecule has 0 spiro atoms. The van der Waals surface area contributed by atoms with Gasteiger partial charge in [0, 0.05) is 0 Å². The Hall–Kier alpha value is -2.86. The Morgan fingerprint density at radius 3 is 2.83 bits per heavy atom. The SMILES string of the molecule is C[C@@H](NC(=O)c1ccc(-c2nc3ccccc3s2)o1)c1ccco1. The van der Waals surface area contributed by atoms with Crippen molar-refractivity contribution in [2.45, 2.75) is 13.0 Å². The van der Waals surface area contributed by atoms with E-state index in [0.29, 0.717) is 11.5 Å². The molecule has 0 fully saturated rings. The highest BCUT2D eigenvalue weighted by molar-refractivity contribution is 7.21. The second kappa shape index (κ2) is 5.98. The van der Waals surface area contributed by atoms with Crippen molar-refractivity contribution in [2.75, 3.05) is 0 Å². The number of thiazole rings is 1. The van der Waals surface area contributed by atoms with E-state index >= 15 is 0 Å². The van der Waals surface area contributed by atoms with E-state index in [4.69, 9.17) is 8.83 Å². The smallest absolute Gasteiger partial charge is 0.287 e. The molecule has 6 heteroatoms. The van der Waals surface area contributed by atoms with Crippen molar-refractivity contribution in [1.82, 2.24) is 10.3 Å². The number of carbonyl (C=O) groups excluding carboxylic acids is 1. The second-order valence-corrected chi connectivity index (χ2v) is 6.39. The minimum atomic E-state index is -0.286. The van der Waals surface area contributed by atoms with Gasteiger partial charge in [-0.3, -0.25) is 4.79 Å². The third-order valence-corrected chi connectivity index (χ3v) is 4.70. The zero-order valence-corrected chi connectivity index (χ0v) is 13.7. The van der Waals surface area contributed by atoms with E-state index in [0.717, 1.165) is 15.2 Å². The van der Waals surface area contributed by atoms with Gasteiger partial charge in [-0.15, -0.1) is 11.3 Å². The minimum absolute atomic E-state index is 0.233. The molecular formula is C18H14N2O3S. The number of rotatable bonds is 4. The van der Waals surface area contributed by atoms with Crippen molar-refractivity contribution >= 4 is 27.5 Å². The molecule has 3 aromatic heterocycles. The molecule has 0 unspecified atom stereocenters. The van der Waals surface area contributed by atoms with Crippen LogP contribution in [0.2, 0.25) is 0 Å². The van der Waals surface area contributed by atoms with Gasteiger partial charge >= 0.3 is 0 Å². The maximum absolute atomic E-state index is 12.3. The van der Waals surface area contributed by atoms with Gasteiger partial charge in [0.15, 0.2) is 16.5 Å². The number of para-hydroxylation sites is 1. The van der Waals surface area contributed by atoms with E-state index in [9.17, 15) is 4.79 Å². The normalized spacial score (nSPS) is 12.4. The lowest BCUT2D eigenvalue weighted by molar-refractivity contribution is 0.0908. The molecule has 1 N–H and O–H groups in total. The Morgan fingerprint density at radius 2 is 2.04 bits per heavy atom. The first kappa shape index (κ1) is 14.7. The first-order chi connectivity index (χ1) is 11.7. The minimum Gasteiger partial charge on any atom is -0.467 e. The molecule has 120 valence electrons. The van der Waals surface area contributed by atoms with Gasteiger partial charge in [-0.2, -0.15) is 0 Å². The molecule has 5 nitrogen and oxygen atoms in total. The lowest BCUT2D eigenvalue weighted by Crippen LogP contribution is -2.25. The molecule has 4 aromatic rings. The van der Waals surface area contributed by atoms with Crippen molar-refractivity contribution < 1.29 is 13.6 Å². The van der Waals surface area contributed by atoms with Crippen LogP contribution in [0.1, 0.15) is 29.3 Å². The number of benzene rings is 1. The summed E-state index contributed by atoms with van der Waals surface area (Å²) >= 11 is 1.54. The predicted octanol–water partition coefficient (Wildman–Crippen LogP) is 4.64. The summed E-state index contributed by atoms with van der Waals surface area (Å²) in [4.78, 5) is 16.8. The van der Waals surface area contributed by atoms with Gasteiger partial charge in [-0.05, 0) is 43.3 Å². The molecule has 1 atom stereocenters. The van der Waals surface area contributed by atoms with Crippen LogP contribution in [-0.4, -0.2) is 10.9 Å². The highest BCUT2D eigenvalue weighted by Crippen LogP contribution is 2.31. The summed E-state index contributed by atoms with van der Waals surface area (Å²) in [7, 11) is 0. The maximum atomic E-state index is 12.3. The van der Waals surface area contributed by atoms with E-state index in [2.05, 4.69) is 10.3 Å². The Labute approximate surface area is 141 Å². The Morgan fingerprint density at radius 1 is 1.17 bits per heavy atom. The van der Waals surface area contributed by atoms with Crippen molar-refractivity contribution in [1.29, 1.82) is 0 Å². The number of furan rings is 2. The molecule has 0 aliphatic carbocycles. The van der Waals surface area contributed by atoms with Crippen LogP contribution in [0.4, 0.5) is 0 Å². The van der Waals surface area contributed by atoms with Gasteiger partial charge in [-0.1, -0.05) is 12.1 Å². The first-order valence-electron chi connectivity index (χ1n) is 7.51. The van der Waals surface area contributed by atoms with Crippen LogP contribution >= 0.6 is 11.3 Å². The number of hydrogen-bond donors (Lipinski definition) is 1. The molecule has 24 heavy (non-hydrogen) atoms. The Balaban J connectivity index is 1.54. The van der Waals surface area contributed by atoms with Gasteiger partial charge in [-0.25, -0.2) is 4.98 Å². The first-order valence-corrected chi connectivity index (χ1v) is 8.32. The van der Waals surface area contributed by atoms with Crippen molar-refractivity contribution in [3.63, 3.8) is 0 Å².